The lowest BCUT2D eigenvalue weighted by atomic mass is 9.90. The van der Waals surface area contributed by atoms with E-state index >= 15 is 0 Å². The topological polar surface area (TPSA) is 37.3 Å². The van der Waals surface area contributed by atoms with E-state index in [1.807, 2.05) is 54.6 Å². The molecule has 1 N–H and O–H groups in total. The highest BCUT2D eigenvalue weighted by Crippen LogP contribution is 2.33. The van der Waals surface area contributed by atoms with Crippen molar-refractivity contribution >= 4 is 5.78 Å². The molecule has 1 fully saturated rings. The summed E-state index contributed by atoms with van der Waals surface area (Å²) in [4.78, 5) is 12.4. The molecule has 20 heavy (non-hydrogen) atoms. The average molecular weight is 266 g/mol. The SMILES string of the molecule is O=C(c1ccc(-c2ccccc2)cc1)C1(O)CCCC1. The highest BCUT2D eigenvalue weighted by atomic mass is 16.3. The van der Waals surface area contributed by atoms with Crippen LogP contribution < -0.4 is 0 Å². The van der Waals surface area contributed by atoms with Crippen LogP contribution in [-0.4, -0.2) is 16.5 Å². The third kappa shape index (κ3) is 2.39. The minimum Gasteiger partial charge on any atom is -0.382 e. The van der Waals surface area contributed by atoms with Crippen LogP contribution in [0.2, 0.25) is 0 Å². The van der Waals surface area contributed by atoms with E-state index < -0.39 is 5.60 Å². The quantitative estimate of drug-likeness (QED) is 0.857. The van der Waals surface area contributed by atoms with Gasteiger partial charge >= 0.3 is 0 Å². The van der Waals surface area contributed by atoms with Crippen molar-refractivity contribution in [1.82, 2.24) is 0 Å². The van der Waals surface area contributed by atoms with Gasteiger partial charge in [0.25, 0.3) is 0 Å². The first-order valence-corrected chi connectivity index (χ1v) is 7.12. The van der Waals surface area contributed by atoms with Gasteiger partial charge in [0.1, 0.15) is 5.60 Å². The van der Waals surface area contributed by atoms with Gasteiger partial charge in [0.2, 0.25) is 0 Å². The van der Waals surface area contributed by atoms with E-state index in [2.05, 4.69) is 0 Å². The molecule has 0 aliphatic heterocycles. The number of hydrogen-bond donors (Lipinski definition) is 1. The van der Waals surface area contributed by atoms with Gasteiger partial charge in [0.05, 0.1) is 0 Å². The standard InChI is InChI=1S/C18H18O2/c19-17(18(20)12-4-5-13-18)16-10-8-15(9-11-16)14-6-2-1-3-7-14/h1-3,6-11,20H,4-5,12-13H2. The zero-order valence-corrected chi connectivity index (χ0v) is 11.4. The molecule has 0 saturated heterocycles. The number of Topliss-reactive ketones (excluding diaryl/α,β-unsaturated/α-hetero) is 1. The molecule has 0 heterocycles. The summed E-state index contributed by atoms with van der Waals surface area (Å²) in [6, 6.07) is 17.6. The number of carbonyl (C=O) groups excluding carboxylic acids is 1. The van der Waals surface area contributed by atoms with Crippen LogP contribution in [0.5, 0.6) is 0 Å². The summed E-state index contributed by atoms with van der Waals surface area (Å²) in [5.74, 6) is -0.130. The molecule has 0 bridgehead atoms. The van der Waals surface area contributed by atoms with E-state index in [0.717, 1.165) is 24.0 Å². The lowest BCUT2D eigenvalue weighted by Gasteiger charge is -2.20. The predicted molar refractivity (Wildman–Crippen MR) is 79.6 cm³/mol. The van der Waals surface area contributed by atoms with E-state index in [9.17, 15) is 9.90 Å². The van der Waals surface area contributed by atoms with Crippen molar-refractivity contribution in [1.29, 1.82) is 0 Å². The Labute approximate surface area is 119 Å². The molecule has 102 valence electrons. The van der Waals surface area contributed by atoms with Gasteiger partial charge in [-0.2, -0.15) is 0 Å². The first kappa shape index (κ1) is 13.1. The molecular weight excluding hydrogens is 248 g/mol. The Hall–Kier alpha value is -1.93. The maximum atomic E-state index is 12.4. The molecular formula is C18H18O2. The zero-order chi connectivity index (χ0) is 14.0. The molecule has 0 amide bonds. The highest BCUT2D eigenvalue weighted by molar-refractivity contribution is 6.02. The second kappa shape index (κ2) is 5.22. The number of carbonyl (C=O) groups is 1. The average Bonchev–Trinajstić information content (AvgIpc) is 2.96. The number of benzene rings is 2. The maximum absolute atomic E-state index is 12.4. The van der Waals surface area contributed by atoms with Crippen LogP contribution in [0.4, 0.5) is 0 Å². The van der Waals surface area contributed by atoms with Crippen LogP contribution in [0.25, 0.3) is 11.1 Å². The van der Waals surface area contributed by atoms with Crippen molar-refractivity contribution in [2.75, 3.05) is 0 Å². The molecule has 2 heteroatoms. The zero-order valence-electron chi connectivity index (χ0n) is 11.4. The third-order valence-corrected chi connectivity index (χ3v) is 4.11. The molecule has 0 spiro atoms. The summed E-state index contributed by atoms with van der Waals surface area (Å²) in [6.45, 7) is 0. The number of aliphatic hydroxyl groups is 1. The third-order valence-electron chi connectivity index (χ3n) is 4.11. The number of ketones is 1. The van der Waals surface area contributed by atoms with Crippen molar-refractivity contribution in [3.8, 4) is 11.1 Å². The first-order chi connectivity index (χ1) is 9.69. The lowest BCUT2D eigenvalue weighted by molar-refractivity contribution is 0.0353. The van der Waals surface area contributed by atoms with Crippen molar-refractivity contribution in [3.05, 3.63) is 60.2 Å². The summed E-state index contributed by atoms with van der Waals surface area (Å²) in [6.07, 6.45) is 3.05. The Morgan fingerprint density at radius 1 is 0.850 bits per heavy atom. The molecule has 2 aromatic carbocycles. The Kier molecular flexibility index (Phi) is 3.41. The summed E-state index contributed by atoms with van der Waals surface area (Å²) < 4.78 is 0. The van der Waals surface area contributed by atoms with Gasteiger partial charge in [-0.1, -0.05) is 54.6 Å². The monoisotopic (exact) mass is 266 g/mol. The van der Waals surface area contributed by atoms with E-state index in [0.29, 0.717) is 18.4 Å². The molecule has 0 aromatic heterocycles. The van der Waals surface area contributed by atoms with E-state index in [1.165, 1.54) is 0 Å². The Morgan fingerprint density at radius 3 is 2.00 bits per heavy atom. The normalized spacial score (nSPS) is 17.1. The Morgan fingerprint density at radius 2 is 1.40 bits per heavy atom. The largest absolute Gasteiger partial charge is 0.382 e. The highest BCUT2D eigenvalue weighted by Gasteiger charge is 2.38. The summed E-state index contributed by atoms with van der Waals surface area (Å²) >= 11 is 0. The summed E-state index contributed by atoms with van der Waals surface area (Å²) in [5.41, 5.74) is 1.69. The molecule has 1 aliphatic rings. The van der Waals surface area contributed by atoms with Crippen LogP contribution in [-0.2, 0) is 0 Å². The maximum Gasteiger partial charge on any atom is 0.194 e. The van der Waals surface area contributed by atoms with E-state index in [-0.39, 0.29) is 5.78 Å². The van der Waals surface area contributed by atoms with Crippen LogP contribution in [0.1, 0.15) is 36.0 Å². The van der Waals surface area contributed by atoms with Crippen molar-refractivity contribution in [2.24, 2.45) is 0 Å². The molecule has 0 atom stereocenters. The van der Waals surface area contributed by atoms with Gasteiger partial charge in [0, 0.05) is 5.56 Å². The van der Waals surface area contributed by atoms with Gasteiger partial charge < -0.3 is 5.11 Å². The predicted octanol–water partition coefficient (Wildman–Crippen LogP) is 3.84. The fourth-order valence-electron chi connectivity index (χ4n) is 2.90. The molecule has 1 saturated carbocycles. The second-order valence-electron chi connectivity index (χ2n) is 5.51. The Bertz CT molecular complexity index is 593. The van der Waals surface area contributed by atoms with Gasteiger partial charge in [0.15, 0.2) is 5.78 Å². The first-order valence-electron chi connectivity index (χ1n) is 7.12. The lowest BCUT2D eigenvalue weighted by Crippen LogP contribution is -2.35. The minimum absolute atomic E-state index is 0.130. The molecule has 3 rings (SSSR count). The summed E-state index contributed by atoms with van der Waals surface area (Å²) in [5, 5.41) is 10.4. The van der Waals surface area contributed by atoms with Gasteiger partial charge in [-0.05, 0) is 36.8 Å². The minimum atomic E-state index is -1.13. The fraction of sp³-hybridized carbons (Fsp3) is 0.278. The van der Waals surface area contributed by atoms with Crippen LogP contribution in [0, 0.1) is 0 Å². The van der Waals surface area contributed by atoms with Crippen LogP contribution in [0.3, 0.4) is 0 Å². The fourth-order valence-corrected chi connectivity index (χ4v) is 2.90. The Balaban J connectivity index is 1.85. The molecule has 2 nitrogen and oxygen atoms in total. The number of hydrogen-bond acceptors (Lipinski definition) is 2. The van der Waals surface area contributed by atoms with Crippen LogP contribution >= 0.6 is 0 Å². The van der Waals surface area contributed by atoms with E-state index in [4.69, 9.17) is 0 Å². The van der Waals surface area contributed by atoms with Gasteiger partial charge in [-0.15, -0.1) is 0 Å². The van der Waals surface area contributed by atoms with Gasteiger partial charge in [-0.25, -0.2) is 0 Å². The molecule has 0 radical (unpaired) electrons. The van der Waals surface area contributed by atoms with Crippen molar-refractivity contribution in [3.63, 3.8) is 0 Å². The number of rotatable bonds is 3. The van der Waals surface area contributed by atoms with Gasteiger partial charge in [-0.3, -0.25) is 4.79 Å². The molecule has 2 aromatic rings. The van der Waals surface area contributed by atoms with Crippen molar-refractivity contribution in [2.45, 2.75) is 31.3 Å². The molecule has 1 aliphatic carbocycles. The summed E-state index contributed by atoms with van der Waals surface area (Å²) in [7, 11) is 0. The second-order valence-corrected chi connectivity index (χ2v) is 5.51. The smallest absolute Gasteiger partial charge is 0.194 e. The molecule has 0 unspecified atom stereocenters. The van der Waals surface area contributed by atoms with E-state index in [1.54, 1.807) is 0 Å². The van der Waals surface area contributed by atoms with Crippen molar-refractivity contribution < 1.29 is 9.90 Å². The van der Waals surface area contributed by atoms with Crippen LogP contribution in [0.15, 0.2) is 54.6 Å².